The number of benzene rings is 1. The summed E-state index contributed by atoms with van der Waals surface area (Å²) in [5.41, 5.74) is 2.39. The first-order chi connectivity index (χ1) is 7.46. The van der Waals surface area contributed by atoms with Crippen LogP contribution in [0.2, 0.25) is 0 Å². The molecule has 1 aliphatic heterocycles. The van der Waals surface area contributed by atoms with Gasteiger partial charge in [0.15, 0.2) is 0 Å². The van der Waals surface area contributed by atoms with Gasteiger partial charge in [0.1, 0.15) is 5.75 Å². The zero-order valence-electron chi connectivity index (χ0n) is 10.2. The minimum Gasteiger partial charge on any atom is -0.508 e. The molecule has 1 heterocycles. The van der Waals surface area contributed by atoms with Crippen molar-refractivity contribution >= 4 is 5.69 Å². The summed E-state index contributed by atoms with van der Waals surface area (Å²) in [7, 11) is 0. The van der Waals surface area contributed by atoms with E-state index in [9.17, 15) is 5.11 Å². The van der Waals surface area contributed by atoms with E-state index in [2.05, 4.69) is 31.4 Å². The molecule has 0 aromatic heterocycles. The van der Waals surface area contributed by atoms with Gasteiger partial charge in [-0.25, -0.2) is 0 Å². The van der Waals surface area contributed by atoms with Crippen LogP contribution in [0.15, 0.2) is 18.2 Å². The van der Waals surface area contributed by atoms with Crippen LogP contribution in [0.5, 0.6) is 5.75 Å². The van der Waals surface area contributed by atoms with E-state index < -0.39 is 0 Å². The first kappa shape index (κ1) is 11.3. The van der Waals surface area contributed by atoms with E-state index >= 15 is 0 Å². The van der Waals surface area contributed by atoms with Crippen LogP contribution in [0.3, 0.4) is 0 Å². The third kappa shape index (κ3) is 2.47. The Kier molecular flexibility index (Phi) is 2.80. The topological polar surface area (TPSA) is 44.3 Å². The number of aromatic hydroxyl groups is 1. The van der Waals surface area contributed by atoms with Crippen LogP contribution >= 0.6 is 0 Å². The van der Waals surface area contributed by atoms with Crippen LogP contribution in [-0.4, -0.2) is 17.2 Å². The number of phenols is 1. The molecule has 1 aromatic carbocycles. The average Bonchev–Trinajstić information content (AvgIpc) is 2.17. The minimum absolute atomic E-state index is 0.0880. The van der Waals surface area contributed by atoms with Gasteiger partial charge >= 0.3 is 0 Å². The molecule has 2 rings (SSSR count). The maximum absolute atomic E-state index is 9.55. The number of anilines is 1. The molecule has 3 heteroatoms. The van der Waals surface area contributed by atoms with Crippen molar-refractivity contribution < 1.29 is 5.11 Å². The van der Waals surface area contributed by atoms with Gasteiger partial charge in [0.05, 0.1) is 0 Å². The van der Waals surface area contributed by atoms with Gasteiger partial charge in [0.25, 0.3) is 0 Å². The summed E-state index contributed by atoms with van der Waals surface area (Å²) < 4.78 is 0. The average molecular weight is 220 g/mol. The normalized spacial score (nSPS) is 20.1. The lowest BCUT2D eigenvalue weighted by Crippen LogP contribution is -2.41. The predicted octanol–water partition coefficient (Wildman–Crippen LogP) is 2.64. The van der Waals surface area contributed by atoms with Gasteiger partial charge < -0.3 is 15.7 Å². The van der Waals surface area contributed by atoms with Crippen molar-refractivity contribution in [1.29, 1.82) is 0 Å². The van der Waals surface area contributed by atoms with Crippen LogP contribution in [0, 0.1) is 0 Å². The Hall–Kier alpha value is -1.22. The predicted molar refractivity (Wildman–Crippen MR) is 66.8 cm³/mol. The van der Waals surface area contributed by atoms with Crippen LogP contribution < -0.4 is 10.6 Å². The summed E-state index contributed by atoms with van der Waals surface area (Å²) in [6.07, 6.45) is 1.05. The molecule has 0 saturated heterocycles. The second-order valence-corrected chi connectivity index (χ2v) is 5.43. The number of hydrogen-bond donors (Lipinski definition) is 3. The van der Waals surface area contributed by atoms with E-state index in [1.165, 1.54) is 5.56 Å². The summed E-state index contributed by atoms with van der Waals surface area (Å²) >= 11 is 0. The Morgan fingerprint density at radius 3 is 2.81 bits per heavy atom. The van der Waals surface area contributed by atoms with E-state index in [1.54, 1.807) is 6.07 Å². The Morgan fingerprint density at radius 2 is 2.12 bits per heavy atom. The van der Waals surface area contributed by atoms with E-state index in [1.807, 2.05) is 12.1 Å². The fraction of sp³-hybridized carbons (Fsp3) is 0.538. The van der Waals surface area contributed by atoms with Crippen LogP contribution in [0.25, 0.3) is 0 Å². The number of phenolic OH excluding ortho intramolecular Hbond substituents is 1. The highest BCUT2D eigenvalue weighted by atomic mass is 16.3. The number of rotatable bonds is 1. The number of hydrogen-bond acceptors (Lipinski definition) is 3. The molecule has 16 heavy (non-hydrogen) atoms. The van der Waals surface area contributed by atoms with Gasteiger partial charge in [-0.3, -0.25) is 0 Å². The summed E-state index contributed by atoms with van der Waals surface area (Å²) in [6.45, 7) is 7.47. The molecule has 0 saturated carbocycles. The molecule has 0 aliphatic carbocycles. The van der Waals surface area contributed by atoms with Crippen molar-refractivity contribution in [3.63, 3.8) is 0 Å². The minimum atomic E-state index is 0.0880. The Morgan fingerprint density at radius 1 is 1.38 bits per heavy atom. The lowest BCUT2D eigenvalue weighted by Gasteiger charge is -2.33. The molecule has 0 radical (unpaired) electrons. The van der Waals surface area contributed by atoms with Crippen LogP contribution in [0.1, 0.15) is 38.8 Å². The Bertz CT molecular complexity index is 382. The number of fused-ring (bicyclic) bond motifs is 1. The van der Waals surface area contributed by atoms with Crippen LogP contribution in [-0.2, 0) is 0 Å². The molecule has 0 bridgehead atoms. The lowest BCUT2D eigenvalue weighted by atomic mass is 9.95. The smallest absolute Gasteiger partial charge is 0.116 e. The molecule has 1 aromatic rings. The number of nitrogens with one attached hydrogen (secondary N) is 2. The SMILES string of the molecule is CC(C)(C)NC1CCNc2ccc(O)cc21. The highest BCUT2D eigenvalue weighted by molar-refractivity contribution is 5.57. The quantitative estimate of drug-likeness (QED) is 0.637. The van der Waals surface area contributed by atoms with Gasteiger partial charge in [-0.2, -0.15) is 0 Å². The monoisotopic (exact) mass is 220 g/mol. The molecule has 3 N–H and O–H groups in total. The Labute approximate surface area is 96.9 Å². The summed E-state index contributed by atoms with van der Waals surface area (Å²) in [5, 5.41) is 16.5. The maximum Gasteiger partial charge on any atom is 0.116 e. The van der Waals surface area contributed by atoms with Crippen molar-refractivity contribution in [2.24, 2.45) is 0 Å². The van der Waals surface area contributed by atoms with Gasteiger partial charge in [0, 0.05) is 23.8 Å². The molecule has 0 spiro atoms. The molecule has 0 fully saturated rings. The maximum atomic E-state index is 9.55. The molecule has 88 valence electrons. The fourth-order valence-corrected chi connectivity index (χ4v) is 2.18. The molecular formula is C13H20N2O. The first-order valence-corrected chi connectivity index (χ1v) is 5.80. The van der Waals surface area contributed by atoms with E-state index in [4.69, 9.17) is 0 Å². The zero-order valence-corrected chi connectivity index (χ0v) is 10.2. The molecular weight excluding hydrogens is 200 g/mol. The van der Waals surface area contributed by atoms with E-state index in [0.717, 1.165) is 18.7 Å². The highest BCUT2D eigenvalue weighted by Gasteiger charge is 2.24. The van der Waals surface area contributed by atoms with E-state index in [0.29, 0.717) is 11.8 Å². The molecule has 3 nitrogen and oxygen atoms in total. The van der Waals surface area contributed by atoms with Crippen molar-refractivity contribution in [2.45, 2.75) is 38.8 Å². The lowest BCUT2D eigenvalue weighted by molar-refractivity contribution is 0.350. The summed E-state index contributed by atoms with van der Waals surface area (Å²) in [5.74, 6) is 0.336. The second kappa shape index (κ2) is 3.98. The fourth-order valence-electron chi connectivity index (χ4n) is 2.18. The van der Waals surface area contributed by atoms with E-state index in [-0.39, 0.29) is 5.54 Å². The summed E-state index contributed by atoms with van der Waals surface area (Å²) in [6, 6.07) is 5.85. The van der Waals surface area contributed by atoms with Gasteiger partial charge in [0.2, 0.25) is 0 Å². The third-order valence-corrected chi connectivity index (χ3v) is 2.77. The molecule has 0 amide bonds. The second-order valence-electron chi connectivity index (χ2n) is 5.43. The Balaban J connectivity index is 2.28. The summed E-state index contributed by atoms with van der Waals surface area (Å²) in [4.78, 5) is 0. The van der Waals surface area contributed by atoms with Gasteiger partial charge in [-0.15, -0.1) is 0 Å². The molecule has 1 unspecified atom stereocenters. The molecule has 1 atom stereocenters. The standard InChI is InChI=1S/C13H20N2O/c1-13(2,3)15-12-6-7-14-11-5-4-9(16)8-10(11)12/h4-5,8,12,14-16H,6-7H2,1-3H3. The van der Waals surface area contributed by atoms with Crippen molar-refractivity contribution in [3.8, 4) is 5.75 Å². The van der Waals surface area contributed by atoms with Gasteiger partial charge in [-0.05, 0) is 51.0 Å². The highest BCUT2D eigenvalue weighted by Crippen LogP contribution is 2.33. The zero-order chi connectivity index (χ0) is 11.8. The molecule has 1 aliphatic rings. The van der Waals surface area contributed by atoms with Gasteiger partial charge in [-0.1, -0.05) is 0 Å². The van der Waals surface area contributed by atoms with Crippen LogP contribution in [0.4, 0.5) is 5.69 Å². The third-order valence-electron chi connectivity index (χ3n) is 2.77. The largest absolute Gasteiger partial charge is 0.508 e. The van der Waals surface area contributed by atoms with Crippen molar-refractivity contribution in [3.05, 3.63) is 23.8 Å². The van der Waals surface area contributed by atoms with Crippen molar-refractivity contribution in [2.75, 3.05) is 11.9 Å². The first-order valence-electron chi connectivity index (χ1n) is 5.80. The van der Waals surface area contributed by atoms with Crippen molar-refractivity contribution in [1.82, 2.24) is 5.32 Å².